The van der Waals surface area contributed by atoms with Crippen LogP contribution in [0.4, 0.5) is 0 Å². The molecule has 1 unspecified atom stereocenters. The lowest BCUT2D eigenvalue weighted by atomic mass is 10.1. The number of carbonyl (C=O) groups is 1. The van der Waals surface area contributed by atoms with Crippen molar-refractivity contribution < 1.29 is 14.6 Å². The molecule has 0 aliphatic rings. The van der Waals surface area contributed by atoms with E-state index in [1.807, 2.05) is 13.0 Å². The topological polar surface area (TPSA) is 58.6 Å². The predicted molar refractivity (Wildman–Crippen MR) is 66.4 cm³/mol. The fourth-order valence-corrected chi connectivity index (χ4v) is 1.59. The van der Waals surface area contributed by atoms with Crippen LogP contribution in [-0.4, -0.2) is 37.4 Å². The Hall–Kier alpha value is -1.10. The van der Waals surface area contributed by atoms with Crippen LogP contribution < -0.4 is 5.32 Å². The van der Waals surface area contributed by atoms with Crippen LogP contribution in [-0.2, 0) is 4.74 Å². The molecule has 0 fully saturated rings. The summed E-state index contributed by atoms with van der Waals surface area (Å²) in [4.78, 5) is 11.8. The van der Waals surface area contributed by atoms with Gasteiger partial charge in [-0.2, -0.15) is 0 Å². The normalized spacial score (nSPS) is 12.2. The standard InChI is InChI=1S/C12H16ClNO3/c1-8-4-3-5-10(11(8)13)12(16)14-6-9(15)7-17-2/h3-5,9,15H,6-7H2,1-2H3,(H,14,16). The molecule has 17 heavy (non-hydrogen) atoms. The van der Waals surface area contributed by atoms with Gasteiger partial charge in [-0.05, 0) is 18.6 Å². The van der Waals surface area contributed by atoms with Gasteiger partial charge in [0.1, 0.15) is 0 Å². The Morgan fingerprint density at radius 3 is 2.94 bits per heavy atom. The Morgan fingerprint density at radius 2 is 2.29 bits per heavy atom. The van der Waals surface area contributed by atoms with E-state index in [9.17, 15) is 9.90 Å². The van der Waals surface area contributed by atoms with E-state index in [1.54, 1.807) is 12.1 Å². The fourth-order valence-electron chi connectivity index (χ4n) is 1.38. The summed E-state index contributed by atoms with van der Waals surface area (Å²) in [6.07, 6.45) is -0.715. The summed E-state index contributed by atoms with van der Waals surface area (Å²) >= 11 is 6.02. The van der Waals surface area contributed by atoms with Gasteiger partial charge in [0, 0.05) is 13.7 Å². The third-order valence-electron chi connectivity index (χ3n) is 2.29. The van der Waals surface area contributed by atoms with Crippen molar-refractivity contribution in [2.24, 2.45) is 0 Å². The number of carbonyl (C=O) groups excluding carboxylic acids is 1. The highest BCUT2D eigenvalue weighted by Crippen LogP contribution is 2.19. The van der Waals surface area contributed by atoms with Crippen molar-refractivity contribution in [1.29, 1.82) is 0 Å². The molecule has 0 aliphatic carbocycles. The number of nitrogens with one attached hydrogen (secondary N) is 1. The highest BCUT2D eigenvalue weighted by atomic mass is 35.5. The summed E-state index contributed by atoms with van der Waals surface area (Å²) in [5.74, 6) is -0.297. The molecular weight excluding hydrogens is 242 g/mol. The van der Waals surface area contributed by atoms with Gasteiger partial charge in [-0.25, -0.2) is 0 Å². The third-order valence-corrected chi connectivity index (χ3v) is 2.80. The Labute approximate surface area is 106 Å². The second kappa shape index (κ2) is 6.59. The minimum absolute atomic E-state index is 0.136. The highest BCUT2D eigenvalue weighted by molar-refractivity contribution is 6.34. The molecule has 1 rings (SSSR count). The van der Waals surface area contributed by atoms with Gasteiger partial charge >= 0.3 is 0 Å². The van der Waals surface area contributed by atoms with Crippen molar-refractivity contribution in [2.45, 2.75) is 13.0 Å². The molecule has 0 aromatic heterocycles. The molecular formula is C12H16ClNO3. The average Bonchev–Trinajstić information content (AvgIpc) is 2.30. The van der Waals surface area contributed by atoms with Crippen LogP contribution in [0.25, 0.3) is 0 Å². The first-order valence-corrected chi connectivity index (χ1v) is 5.64. The maximum Gasteiger partial charge on any atom is 0.252 e. The Kier molecular flexibility index (Phi) is 5.41. The number of aliphatic hydroxyl groups is 1. The molecule has 0 saturated carbocycles. The monoisotopic (exact) mass is 257 g/mol. The Balaban J connectivity index is 2.61. The van der Waals surface area contributed by atoms with Gasteiger partial charge in [-0.1, -0.05) is 23.7 Å². The van der Waals surface area contributed by atoms with Gasteiger partial charge in [0.25, 0.3) is 5.91 Å². The molecule has 0 heterocycles. The Bertz CT molecular complexity index is 395. The van der Waals surface area contributed by atoms with Crippen LogP contribution in [0.5, 0.6) is 0 Å². The molecule has 5 heteroatoms. The first kappa shape index (κ1) is 14.0. The third kappa shape index (κ3) is 4.00. The quantitative estimate of drug-likeness (QED) is 0.838. The van der Waals surface area contributed by atoms with Crippen molar-refractivity contribution in [1.82, 2.24) is 5.32 Å². The summed E-state index contributed by atoms with van der Waals surface area (Å²) in [5, 5.41) is 12.4. The van der Waals surface area contributed by atoms with Crippen LogP contribution in [0, 0.1) is 6.92 Å². The molecule has 0 aliphatic heterocycles. The number of rotatable bonds is 5. The van der Waals surface area contributed by atoms with Gasteiger partial charge < -0.3 is 15.2 Å². The molecule has 0 radical (unpaired) electrons. The van der Waals surface area contributed by atoms with Gasteiger partial charge in [0.05, 0.1) is 23.3 Å². The number of methoxy groups -OCH3 is 1. The van der Waals surface area contributed by atoms with Crippen molar-refractivity contribution in [2.75, 3.05) is 20.3 Å². The maximum absolute atomic E-state index is 11.8. The average molecular weight is 258 g/mol. The summed E-state index contributed by atoms with van der Waals surface area (Å²) in [7, 11) is 1.49. The molecule has 0 saturated heterocycles. The number of hydrogen-bond donors (Lipinski definition) is 2. The number of amides is 1. The van der Waals surface area contributed by atoms with E-state index in [0.717, 1.165) is 5.56 Å². The summed E-state index contributed by atoms with van der Waals surface area (Å²) in [6.45, 7) is 2.15. The zero-order valence-corrected chi connectivity index (χ0v) is 10.6. The molecule has 94 valence electrons. The number of hydrogen-bond acceptors (Lipinski definition) is 3. The van der Waals surface area contributed by atoms with E-state index < -0.39 is 6.10 Å². The lowest BCUT2D eigenvalue weighted by Gasteiger charge is -2.12. The predicted octanol–water partition coefficient (Wildman–Crippen LogP) is 1.39. The highest BCUT2D eigenvalue weighted by Gasteiger charge is 2.12. The first-order chi connectivity index (χ1) is 8.06. The van der Waals surface area contributed by atoms with E-state index >= 15 is 0 Å². The number of benzene rings is 1. The molecule has 4 nitrogen and oxygen atoms in total. The summed E-state index contributed by atoms with van der Waals surface area (Å²) in [6, 6.07) is 5.24. The van der Waals surface area contributed by atoms with E-state index in [-0.39, 0.29) is 19.1 Å². The first-order valence-electron chi connectivity index (χ1n) is 5.26. The zero-order chi connectivity index (χ0) is 12.8. The Morgan fingerprint density at radius 1 is 1.59 bits per heavy atom. The van der Waals surface area contributed by atoms with Crippen molar-refractivity contribution >= 4 is 17.5 Å². The van der Waals surface area contributed by atoms with Gasteiger partial charge in [-0.3, -0.25) is 4.79 Å². The molecule has 1 atom stereocenters. The van der Waals surface area contributed by atoms with Crippen molar-refractivity contribution in [3.63, 3.8) is 0 Å². The number of aryl methyl sites for hydroxylation is 1. The second-order valence-corrected chi connectivity index (χ2v) is 4.13. The lowest BCUT2D eigenvalue weighted by molar-refractivity contribution is 0.0610. The molecule has 0 bridgehead atoms. The minimum Gasteiger partial charge on any atom is -0.389 e. The molecule has 1 aromatic rings. The smallest absolute Gasteiger partial charge is 0.252 e. The van der Waals surface area contributed by atoms with E-state index in [1.165, 1.54) is 7.11 Å². The zero-order valence-electron chi connectivity index (χ0n) is 9.87. The second-order valence-electron chi connectivity index (χ2n) is 3.76. The molecule has 2 N–H and O–H groups in total. The van der Waals surface area contributed by atoms with E-state index in [0.29, 0.717) is 10.6 Å². The van der Waals surface area contributed by atoms with Crippen LogP contribution in [0.1, 0.15) is 15.9 Å². The number of ether oxygens (including phenoxy) is 1. The van der Waals surface area contributed by atoms with Crippen LogP contribution in [0.15, 0.2) is 18.2 Å². The minimum atomic E-state index is -0.715. The fraction of sp³-hybridized carbons (Fsp3) is 0.417. The SMILES string of the molecule is COCC(O)CNC(=O)c1cccc(C)c1Cl. The van der Waals surface area contributed by atoms with Gasteiger partial charge in [0.2, 0.25) is 0 Å². The van der Waals surface area contributed by atoms with Gasteiger partial charge in [0.15, 0.2) is 0 Å². The van der Waals surface area contributed by atoms with Crippen molar-refractivity contribution in [3.05, 3.63) is 34.3 Å². The lowest BCUT2D eigenvalue weighted by Crippen LogP contribution is -2.34. The molecule has 0 spiro atoms. The largest absolute Gasteiger partial charge is 0.389 e. The summed E-state index contributed by atoms with van der Waals surface area (Å²) < 4.78 is 4.76. The molecule has 1 amide bonds. The number of halogens is 1. The summed E-state index contributed by atoms with van der Waals surface area (Å²) in [5.41, 5.74) is 1.26. The number of aliphatic hydroxyl groups excluding tert-OH is 1. The van der Waals surface area contributed by atoms with E-state index in [2.05, 4.69) is 5.32 Å². The maximum atomic E-state index is 11.8. The van der Waals surface area contributed by atoms with Crippen molar-refractivity contribution in [3.8, 4) is 0 Å². The van der Waals surface area contributed by atoms with Crippen LogP contribution >= 0.6 is 11.6 Å². The van der Waals surface area contributed by atoms with Gasteiger partial charge in [-0.15, -0.1) is 0 Å². The van der Waals surface area contributed by atoms with Crippen LogP contribution in [0.2, 0.25) is 5.02 Å². The van der Waals surface area contributed by atoms with E-state index in [4.69, 9.17) is 16.3 Å². The molecule has 1 aromatic carbocycles. The van der Waals surface area contributed by atoms with Crippen LogP contribution in [0.3, 0.4) is 0 Å².